The average molecular weight is 211 g/mol. The Bertz CT molecular complexity index is 344. The fraction of sp³-hybridized carbons (Fsp3) is 0.250. The molecule has 6 heteroatoms. The van der Waals surface area contributed by atoms with Crippen LogP contribution in [0, 0.1) is 11.6 Å². The molecule has 0 saturated heterocycles. The summed E-state index contributed by atoms with van der Waals surface area (Å²) in [5.74, 6) is -2.68. The predicted octanol–water partition coefficient (Wildman–Crippen LogP) is 3.03. The van der Waals surface area contributed by atoms with Crippen LogP contribution in [0.4, 0.5) is 27.6 Å². The van der Waals surface area contributed by atoms with Crippen molar-refractivity contribution in [1.82, 2.24) is 0 Å². The minimum absolute atomic E-state index is 0.367. The van der Waals surface area contributed by atoms with E-state index >= 15 is 0 Å². The maximum absolute atomic E-state index is 13.0. The molecule has 0 unspecified atom stereocenters. The minimum atomic E-state index is -4.82. The molecule has 1 aromatic rings. The van der Waals surface area contributed by atoms with Gasteiger partial charge in [0.1, 0.15) is 11.5 Å². The van der Waals surface area contributed by atoms with Crippen molar-refractivity contribution in [1.29, 1.82) is 0 Å². The second-order valence-electron chi connectivity index (χ2n) is 2.53. The van der Waals surface area contributed by atoms with Gasteiger partial charge in [-0.15, -0.1) is 0 Å². The summed E-state index contributed by atoms with van der Waals surface area (Å²) in [7, 11) is 1.14. The van der Waals surface area contributed by atoms with Gasteiger partial charge in [-0.2, -0.15) is 13.2 Å². The highest BCUT2D eigenvalue weighted by Crippen LogP contribution is 2.34. The molecule has 14 heavy (non-hydrogen) atoms. The van der Waals surface area contributed by atoms with Gasteiger partial charge in [0.15, 0.2) is 5.82 Å². The molecule has 0 saturated carbocycles. The molecule has 0 amide bonds. The van der Waals surface area contributed by atoms with Crippen LogP contribution >= 0.6 is 0 Å². The summed E-state index contributed by atoms with van der Waals surface area (Å²) in [6.07, 6.45) is -4.82. The van der Waals surface area contributed by atoms with Crippen molar-refractivity contribution < 1.29 is 22.0 Å². The van der Waals surface area contributed by atoms with E-state index in [0.717, 1.165) is 7.05 Å². The summed E-state index contributed by atoms with van der Waals surface area (Å²) in [6.45, 7) is 0. The van der Waals surface area contributed by atoms with Crippen molar-refractivity contribution in [2.24, 2.45) is 0 Å². The third-order valence-electron chi connectivity index (χ3n) is 1.65. The largest absolute Gasteiger partial charge is 0.419 e. The zero-order chi connectivity index (χ0) is 10.9. The Hall–Kier alpha value is -1.33. The van der Waals surface area contributed by atoms with E-state index < -0.39 is 29.1 Å². The summed E-state index contributed by atoms with van der Waals surface area (Å²) >= 11 is 0. The first kappa shape index (κ1) is 10.7. The summed E-state index contributed by atoms with van der Waals surface area (Å²) in [6, 6.07) is 0.934. The number of hydrogen-bond donors (Lipinski definition) is 1. The molecule has 78 valence electrons. The lowest BCUT2D eigenvalue weighted by Crippen LogP contribution is -2.10. The van der Waals surface area contributed by atoms with E-state index in [4.69, 9.17) is 0 Å². The number of nitrogens with one attached hydrogen (secondary N) is 1. The first-order valence-electron chi connectivity index (χ1n) is 3.61. The van der Waals surface area contributed by atoms with E-state index in [1.807, 2.05) is 5.32 Å². The van der Waals surface area contributed by atoms with Gasteiger partial charge in [-0.25, -0.2) is 8.78 Å². The van der Waals surface area contributed by atoms with Crippen LogP contribution in [0.15, 0.2) is 12.1 Å². The predicted molar refractivity (Wildman–Crippen MR) is 40.9 cm³/mol. The molecule has 0 atom stereocenters. The van der Waals surface area contributed by atoms with Crippen molar-refractivity contribution in [2.75, 3.05) is 12.4 Å². The monoisotopic (exact) mass is 211 g/mol. The van der Waals surface area contributed by atoms with E-state index in [2.05, 4.69) is 0 Å². The van der Waals surface area contributed by atoms with Gasteiger partial charge < -0.3 is 5.32 Å². The van der Waals surface area contributed by atoms with Crippen LogP contribution in [0.5, 0.6) is 0 Å². The van der Waals surface area contributed by atoms with E-state index in [1.54, 1.807) is 0 Å². The topological polar surface area (TPSA) is 12.0 Å². The molecule has 0 radical (unpaired) electrons. The molecule has 0 aliphatic rings. The second-order valence-corrected chi connectivity index (χ2v) is 2.53. The Balaban J connectivity index is 3.36. The Morgan fingerprint density at radius 2 is 1.71 bits per heavy atom. The van der Waals surface area contributed by atoms with Crippen LogP contribution in [0.3, 0.4) is 0 Å². The van der Waals surface area contributed by atoms with Gasteiger partial charge >= 0.3 is 6.18 Å². The highest BCUT2D eigenvalue weighted by Gasteiger charge is 2.35. The van der Waals surface area contributed by atoms with Gasteiger partial charge in [0.25, 0.3) is 0 Å². The lowest BCUT2D eigenvalue weighted by atomic mass is 10.1. The summed E-state index contributed by atoms with van der Waals surface area (Å²) in [5, 5.41) is 2.03. The van der Waals surface area contributed by atoms with Crippen LogP contribution in [-0.2, 0) is 6.18 Å². The van der Waals surface area contributed by atoms with Crippen LogP contribution in [0.1, 0.15) is 5.56 Å². The molecule has 1 aromatic carbocycles. The number of alkyl halides is 3. The average Bonchev–Trinajstić information content (AvgIpc) is 2.02. The second kappa shape index (κ2) is 3.43. The van der Waals surface area contributed by atoms with Crippen LogP contribution in [0.25, 0.3) is 0 Å². The van der Waals surface area contributed by atoms with Crippen LogP contribution in [0.2, 0.25) is 0 Å². The van der Waals surface area contributed by atoms with Gasteiger partial charge in [0.05, 0.1) is 5.56 Å². The van der Waals surface area contributed by atoms with E-state index in [1.165, 1.54) is 0 Å². The zero-order valence-electron chi connectivity index (χ0n) is 7.04. The Morgan fingerprint density at radius 1 is 1.14 bits per heavy atom. The van der Waals surface area contributed by atoms with E-state index in [9.17, 15) is 22.0 Å². The van der Waals surface area contributed by atoms with Crippen LogP contribution in [-0.4, -0.2) is 7.05 Å². The van der Waals surface area contributed by atoms with Gasteiger partial charge in [-0.3, -0.25) is 0 Å². The maximum atomic E-state index is 13.0. The SMILES string of the molecule is CNc1c(F)ccc(C(F)(F)F)c1F. The highest BCUT2D eigenvalue weighted by molar-refractivity contribution is 5.49. The molecule has 0 bridgehead atoms. The van der Waals surface area contributed by atoms with E-state index in [0.29, 0.717) is 12.1 Å². The van der Waals surface area contributed by atoms with E-state index in [-0.39, 0.29) is 0 Å². The summed E-state index contributed by atoms with van der Waals surface area (Å²) in [5.41, 5.74) is -2.26. The highest BCUT2D eigenvalue weighted by atomic mass is 19.4. The van der Waals surface area contributed by atoms with Gasteiger partial charge in [-0.1, -0.05) is 0 Å². The van der Waals surface area contributed by atoms with Crippen LogP contribution < -0.4 is 5.32 Å². The summed E-state index contributed by atoms with van der Waals surface area (Å²) in [4.78, 5) is 0. The molecule has 0 aliphatic carbocycles. The molecule has 0 aromatic heterocycles. The number of hydrogen-bond acceptors (Lipinski definition) is 1. The van der Waals surface area contributed by atoms with Crippen molar-refractivity contribution in [3.8, 4) is 0 Å². The normalized spacial score (nSPS) is 11.6. The molecular weight excluding hydrogens is 205 g/mol. The number of rotatable bonds is 1. The van der Waals surface area contributed by atoms with Crippen molar-refractivity contribution >= 4 is 5.69 Å². The number of anilines is 1. The lowest BCUT2D eigenvalue weighted by Gasteiger charge is -2.11. The minimum Gasteiger partial charge on any atom is -0.383 e. The lowest BCUT2D eigenvalue weighted by molar-refractivity contribution is -0.139. The maximum Gasteiger partial charge on any atom is 0.419 e. The number of halogens is 5. The molecule has 0 spiro atoms. The van der Waals surface area contributed by atoms with Gasteiger partial charge in [0.2, 0.25) is 0 Å². The molecule has 1 N–H and O–H groups in total. The van der Waals surface area contributed by atoms with Crippen molar-refractivity contribution in [3.05, 3.63) is 29.3 Å². The molecule has 0 aliphatic heterocycles. The molecule has 1 rings (SSSR count). The zero-order valence-corrected chi connectivity index (χ0v) is 7.04. The fourth-order valence-corrected chi connectivity index (χ4v) is 1.00. The molecule has 0 fully saturated rings. The first-order valence-corrected chi connectivity index (χ1v) is 3.61. The smallest absolute Gasteiger partial charge is 0.383 e. The Labute approximate surface area is 76.5 Å². The first-order chi connectivity index (χ1) is 6.38. The quantitative estimate of drug-likeness (QED) is 0.704. The Morgan fingerprint density at radius 3 is 2.14 bits per heavy atom. The third-order valence-corrected chi connectivity index (χ3v) is 1.65. The number of benzene rings is 1. The summed E-state index contributed by atoms with van der Waals surface area (Å²) < 4.78 is 62.1. The fourth-order valence-electron chi connectivity index (χ4n) is 1.00. The van der Waals surface area contributed by atoms with Crippen molar-refractivity contribution in [2.45, 2.75) is 6.18 Å². The Kier molecular flexibility index (Phi) is 2.64. The molecule has 0 heterocycles. The standard InChI is InChI=1S/C8H6F5N/c1-14-7-5(9)3-2-4(6(7)10)8(11,12)13/h2-3,14H,1H3. The third kappa shape index (κ3) is 1.78. The van der Waals surface area contributed by atoms with Crippen molar-refractivity contribution in [3.63, 3.8) is 0 Å². The molecule has 1 nitrogen and oxygen atoms in total. The van der Waals surface area contributed by atoms with Gasteiger partial charge in [-0.05, 0) is 12.1 Å². The van der Waals surface area contributed by atoms with Gasteiger partial charge in [0, 0.05) is 7.05 Å². The molecular formula is C8H6F5N.